The summed E-state index contributed by atoms with van der Waals surface area (Å²) < 4.78 is 40.6. The van der Waals surface area contributed by atoms with Gasteiger partial charge in [-0.3, -0.25) is 4.72 Å². The van der Waals surface area contributed by atoms with Gasteiger partial charge in [-0.1, -0.05) is 30.0 Å². The molecule has 21 heavy (non-hydrogen) atoms. The van der Waals surface area contributed by atoms with E-state index < -0.39 is 20.7 Å². The second kappa shape index (κ2) is 6.39. The van der Waals surface area contributed by atoms with Gasteiger partial charge < -0.3 is 5.73 Å². The van der Waals surface area contributed by atoms with Crippen LogP contribution in [0.15, 0.2) is 53.4 Å². The zero-order valence-corrected chi connectivity index (χ0v) is 11.8. The summed E-state index contributed by atoms with van der Waals surface area (Å²) in [5, 5.41) is 0. The van der Waals surface area contributed by atoms with E-state index in [9.17, 15) is 12.8 Å². The van der Waals surface area contributed by atoms with Crippen LogP contribution in [0.3, 0.4) is 0 Å². The lowest BCUT2D eigenvalue weighted by Crippen LogP contribution is -2.14. The molecule has 0 aliphatic rings. The fourth-order valence-corrected chi connectivity index (χ4v) is 2.79. The molecule has 0 heterocycles. The van der Waals surface area contributed by atoms with Crippen LogP contribution < -0.4 is 10.5 Å². The van der Waals surface area contributed by atoms with Gasteiger partial charge in [0.2, 0.25) is 0 Å². The lowest BCUT2D eigenvalue weighted by Gasteiger charge is -2.08. The van der Waals surface area contributed by atoms with E-state index in [0.29, 0.717) is 11.3 Å². The highest BCUT2D eigenvalue weighted by molar-refractivity contribution is 7.92. The first-order valence-electron chi connectivity index (χ1n) is 6.09. The van der Waals surface area contributed by atoms with Crippen molar-refractivity contribution >= 4 is 15.7 Å². The molecule has 2 aromatic rings. The standard InChI is InChI=1S/C15H13FN2O2S/c16-14-11-12(5-4-10-17)8-9-15(14)21(19,20)18-13-6-2-1-3-7-13/h1-3,6-9,11,18H,10,17H2. The molecule has 0 unspecified atom stereocenters. The normalized spacial score (nSPS) is 10.6. The maximum atomic E-state index is 14.0. The van der Waals surface area contributed by atoms with Crippen LogP contribution in [0.25, 0.3) is 0 Å². The van der Waals surface area contributed by atoms with E-state index in [1.807, 2.05) is 0 Å². The van der Waals surface area contributed by atoms with E-state index >= 15 is 0 Å². The molecule has 3 N–H and O–H groups in total. The number of hydrogen-bond acceptors (Lipinski definition) is 3. The molecule has 0 saturated heterocycles. The second-order valence-electron chi connectivity index (χ2n) is 4.12. The quantitative estimate of drug-likeness (QED) is 0.851. The minimum Gasteiger partial charge on any atom is -0.320 e. The Kier molecular flexibility index (Phi) is 4.58. The Hall–Kier alpha value is -2.36. The molecule has 0 fully saturated rings. The Morgan fingerprint density at radius 3 is 2.48 bits per heavy atom. The number of para-hydroxylation sites is 1. The summed E-state index contributed by atoms with van der Waals surface area (Å²) in [6, 6.07) is 12.0. The van der Waals surface area contributed by atoms with E-state index in [1.165, 1.54) is 12.1 Å². The van der Waals surface area contributed by atoms with Gasteiger partial charge in [-0.05, 0) is 30.3 Å². The molecule has 0 radical (unpaired) electrons. The van der Waals surface area contributed by atoms with Crippen LogP contribution in [0.5, 0.6) is 0 Å². The van der Waals surface area contributed by atoms with Crippen molar-refractivity contribution in [1.29, 1.82) is 0 Å². The number of nitrogens with two attached hydrogens (primary N) is 1. The largest absolute Gasteiger partial charge is 0.320 e. The van der Waals surface area contributed by atoms with Crippen molar-refractivity contribution in [2.24, 2.45) is 5.73 Å². The number of benzene rings is 2. The van der Waals surface area contributed by atoms with Gasteiger partial charge in [0.1, 0.15) is 10.7 Å². The molecule has 0 saturated carbocycles. The SMILES string of the molecule is NCC#Cc1ccc(S(=O)(=O)Nc2ccccc2)c(F)c1. The summed E-state index contributed by atoms with van der Waals surface area (Å²) in [5.74, 6) is 4.36. The predicted molar refractivity (Wildman–Crippen MR) is 79.6 cm³/mol. The molecule has 0 atom stereocenters. The molecule has 0 spiro atoms. The van der Waals surface area contributed by atoms with Gasteiger partial charge in [-0.25, -0.2) is 12.8 Å². The zero-order chi connectivity index (χ0) is 15.3. The molecule has 0 aliphatic heterocycles. The maximum Gasteiger partial charge on any atom is 0.264 e. The Morgan fingerprint density at radius 2 is 1.86 bits per heavy atom. The average molecular weight is 304 g/mol. The summed E-state index contributed by atoms with van der Waals surface area (Å²) in [6.45, 7) is 0.150. The average Bonchev–Trinajstić information content (AvgIpc) is 2.45. The van der Waals surface area contributed by atoms with E-state index in [1.54, 1.807) is 30.3 Å². The van der Waals surface area contributed by atoms with Crippen LogP contribution in [-0.4, -0.2) is 15.0 Å². The van der Waals surface area contributed by atoms with Gasteiger partial charge in [0.05, 0.1) is 6.54 Å². The Balaban J connectivity index is 2.32. The molecule has 0 bridgehead atoms. The summed E-state index contributed by atoms with van der Waals surface area (Å²) in [4.78, 5) is -0.426. The molecule has 0 amide bonds. The van der Waals surface area contributed by atoms with E-state index in [0.717, 1.165) is 6.07 Å². The molecular weight excluding hydrogens is 291 g/mol. The third-order valence-electron chi connectivity index (χ3n) is 2.58. The summed E-state index contributed by atoms with van der Waals surface area (Å²) in [5.41, 5.74) is 5.96. The van der Waals surface area contributed by atoms with E-state index in [2.05, 4.69) is 16.6 Å². The van der Waals surface area contributed by atoms with Gasteiger partial charge in [-0.15, -0.1) is 0 Å². The molecule has 0 aromatic heterocycles. The number of sulfonamides is 1. The van der Waals surface area contributed by atoms with E-state index in [-0.39, 0.29) is 6.54 Å². The van der Waals surface area contributed by atoms with Crippen molar-refractivity contribution in [2.75, 3.05) is 11.3 Å². The number of nitrogens with one attached hydrogen (secondary N) is 1. The number of rotatable bonds is 3. The molecule has 4 nitrogen and oxygen atoms in total. The van der Waals surface area contributed by atoms with Crippen molar-refractivity contribution in [2.45, 2.75) is 4.90 Å². The van der Waals surface area contributed by atoms with Gasteiger partial charge in [-0.2, -0.15) is 0 Å². The van der Waals surface area contributed by atoms with Gasteiger partial charge >= 0.3 is 0 Å². The predicted octanol–water partition coefficient (Wildman–Crippen LogP) is 1.94. The smallest absolute Gasteiger partial charge is 0.264 e. The molecule has 6 heteroatoms. The Labute approximate surface area is 122 Å². The Morgan fingerprint density at radius 1 is 1.14 bits per heavy atom. The third-order valence-corrected chi connectivity index (χ3v) is 4.00. The minimum absolute atomic E-state index is 0.150. The summed E-state index contributed by atoms with van der Waals surface area (Å²) >= 11 is 0. The Bertz CT molecular complexity index is 793. The van der Waals surface area contributed by atoms with Gasteiger partial charge in [0.15, 0.2) is 0 Å². The maximum absolute atomic E-state index is 14.0. The van der Waals surface area contributed by atoms with Crippen LogP contribution in [0.4, 0.5) is 10.1 Å². The highest BCUT2D eigenvalue weighted by atomic mass is 32.2. The van der Waals surface area contributed by atoms with Gasteiger partial charge in [0, 0.05) is 11.3 Å². The lowest BCUT2D eigenvalue weighted by atomic mass is 10.2. The van der Waals surface area contributed by atoms with Gasteiger partial charge in [0.25, 0.3) is 10.0 Å². The first-order valence-corrected chi connectivity index (χ1v) is 7.57. The second-order valence-corrected chi connectivity index (χ2v) is 5.77. The summed E-state index contributed by atoms with van der Waals surface area (Å²) in [7, 11) is -3.98. The van der Waals surface area contributed by atoms with Crippen LogP contribution in [-0.2, 0) is 10.0 Å². The monoisotopic (exact) mass is 304 g/mol. The van der Waals surface area contributed by atoms with Crippen LogP contribution in [0, 0.1) is 17.7 Å². The van der Waals surface area contributed by atoms with Crippen LogP contribution >= 0.6 is 0 Å². The number of anilines is 1. The minimum atomic E-state index is -3.98. The molecular formula is C15H13FN2O2S. The fraction of sp³-hybridized carbons (Fsp3) is 0.0667. The summed E-state index contributed by atoms with van der Waals surface area (Å²) in [6.07, 6.45) is 0. The van der Waals surface area contributed by atoms with Crippen molar-refractivity contribution in [1.82, 2.24) is 0 Å². The topological polar surface area (TPSA) is 72.2 Å². The van der Waals surface area contributed by atoms with Crippen molar-refractivity contribution in [3.05, 3.63) is 59.9 Å². The molecule has 2 aromatic carbocycles. The fourth-order valence-electron chi connectivity index (χ4n) is 1.67. The van der Waals surface area contributed by atoms with E-state index in [4.69, 9.17) is 5.73 Å². The highest BCUT2D eigenvalue weighted by Gasteiger charge is 2.19. The zero-order valence-electron chi connectivity index (χ0n) is 11.0. The lowest BCUT2D eigenvalue weighted by molar-refractivity contribution is 0.570. The van der Waals surface area contributed by atoms with Crippen molar-refractivity contribution in [3.8, 4) is 11.8 Å². The first-order chi connectivity index (χ1) is 10.0. The third kappa shape index (κ3) is 3.81. The molecule has 0 aliphatic carbocycles. The first kappa shape index (κ1) is 15.0. The van der Waals surface area contributed by atoms with Crippen molar-refractivity contribution in [3.63, 3.8) is 0 Å². The molecule has 108 valence electrons. The van der Waals surface area contributed by atoms with Crippen molar-refractivity contribution < 1.29 is 12.8 Å². The molecule has 2 rings (SSSR count). The van der Waals surface area contributed by atoms with Crippen LogP contribution in [0.1, 0.15) is 5.56 Å². The van der Waals surface area contributed by atoms with Crippen LogP contribution in [0.2, 0.25) is 0 Å². The number of halogens is 1. The number of hydrogen-bond donors (Lipinski definition) is 2. The highest BCUT2D eigenvalue weighted by Crippen LogP contribution is 2.19.